The normalized spacial score (nSPS) is 14.6. The molecule has 0 atom stereocenters. The van der Waals surface area contributed by atoms with Crippen molar-refractivity contribution in [3.05, 3.63) is 34.7 Å². The van der Waals surface area contributed by atoms with Crippen LogP contribution in [0.3, 0.4) is 0 Å². The van der Waals surface area contributed by atoms with E-state index >= 15 is 0 Å². The fraction of sp³-hybridized carbons (Fsp3) is 0.385. The third-order valence-corrected chi connectivity index (χ3v) is 3.26. The van der Waals surface area contributed by atoms with Gasteiger partial charge in [-0.1, -0.05) is 22.8 Å². The van der Waals surface area contributed by atoms with Gasteiger partial charge in [0.2, 0.25) is 5.89 Å². The third kappa shape index (κ3) is 3.24. The molecule has 1 saturated carbocycles. The molecule has 1 aromatic carbocycles. The lowest BCUT2D eigenvalue weighted by molar-refractivity contribution is 0.478. The van der Waals surface area contributed by atoms with Crippen LogP contribution in [-0.2, 0) is 6.54 Å². The maximum absolute atomic E-state index is 5.96. The summed E-state index contributed by atoms with van der Waals surface area (Å²) in [5, 5.41) is 15.0. The lowest BCUT2D eigenvalue weighted by atomic mass is 10.2. The first kappa shape index (κ1) is 12.4. The van der Waals surface area contributed by atoms with Crippen molar-refractivity contribution in [2.45, 2.75) is 32.4 Å². The molecule has 0 saturated heterocycles. The molecule has 0 amide bonds. The molecule has 1 aliphatic carbocycles. The first-order chi connectivity index (χ1) is 9.20. The number of hydrogen-bond donors (Lipinski definition) is 2. The Hall–Kier alpha value is -1.59. The molecule has 5 nitrogen and oxygen atoms in total. The molecule has 1 aromatic heterocycles. The van der Waals surface area contributed by atoms with Crippen LogP contribution in [0, 0.1) is 6.92 Å². The van der Waals surface area contributed by atoms with E-state index in [4.69, 9.17) is 16.0 Å². The summed E-state index contributed by atoms with van der Waals surface area (Å²) in [5.41, 5.74) is 1.94. The van der Waals surface area contributed by atoms with Crippen molar-refractivity contribution in [1.82, 2.24) is 15.5 Å². The van der Waals surface area contributed by atoms with Gasteiger partial charge >= 0.3 is 6.01 Å². The van der Waals surface area contributed by atoms with E-state index in [1.165, 1.54) is 12.8 Å². The molecular formula is C13H15ClN4O. The van der Waals surface area contributed by atoms with Crippen molar-refractivity contribution < 1.29 is 4.42 Å². The molecule has 0 bridgehead atoms. The van der Waals surface area contributed by atoms with Gasteiger partial charge in [-0.15, -0.1) is 5.10 Å². The van der Waals surface area contributed by atoms with Gasteiger partial charge in [-0.2, -0.15) is 0 Å². The first-order valence-electron chi connectivity index (χ1n) is 6.29. The Morgan fingerprint density at radius 2 is 2.21 bits per heavy atom. The van der Waals surface area contributed by atoms with E-state index in [0.29, 0.717) is 29.5 Å². The number of anilines is 2. The van der Waals surface area contributed by atoms with Gasteiger partial charge in [-0.3, -0.25) is 0 Å². The van der Waals surface area contributed by atoms with Crippen LogP contribution < -0.4 is 10.6 Å². The molecule has 19 heavy (non-hydrogen) atoms. The van der Waals surface area contributed by atoms with Crippen molar-refractivity contribution in [2.75, 3.05) is 5.32 Å². The Morgan fingerprint density at radius 1 is 1.37 bits per heavy atom. The third-order valence-electron chi connectivity index (χ3n) is 3.03. The number of nitrogens with one attached hydrogen (secondary N) is 2. The van der Waals surface area contributed by atoms with E-state index in [2.05, 4.69) is 20.8 Å². The maximum Gasteiger partial charge on any atom is 0.320 e. The average molecular weight is 279 g/mol. The molecule has 2 aromatic rings. The predicted molar refractivity (Wildman–Crippen MR) is 73.6 cm³/mol. The highest BCUT2D eigenvalue weighted by Crippen LogP contribution is 2.24. The summed E-state index contributed by atoms with van der Waals surface area (Å²) in [4.78, 5) is 0. The van der Waals surface area contributed by atoms with E-state index in [-0.39, 0.29) is 0 Å². The van der Waals surface area contributed by atoms with Crippen molar-refractivity contribution in [3.8, 4) is 0 Å². The summed E-state index contributed by atoms with van der Waals surface area (Å²) >= 11 is 5.96. The van der Waals surface area contributed by atoms with Crippen molar-refractivity contribution in [3.63, 3.8) is 0 Å². The average Bonchev–Trinajstić information content (AvgIpc) is 3.12. The second-order valence-corrected chi connectivity index (χ2v) is 5.18. The molecule has 6 heteroatoms. The molecule has 0 radical (unpaired) electrons. The van der Waals surface area contributed by atoms with Crippen molar-refractivity contribution in [1.29, 1.82) is 0 Å². The Kier molecular flexibility index (Phi) is 3.40. The molecular weight excluding hydrogens is 264 g/mol. The second-order valence-electron chi connectivity index (χ2n) is 4.74. The number of aryl methyl sites for hydroxylation is 1. The highest BCUT2D eigenvalue weighted by molar-refractivity contribution is 6.30. The van der Waals surface area contributed by atoms with Crippen LogP contribution in [0.4, 0.5) is 11.7 Å². The quantitative estimate of drug-likeness (QED) is 0.880. The highest BCUT2D eigenvalue weighted by Gasteiger charge is 2.21. The zero-order chi connectivity index (χ0) is 13.2. The summed E-state index contributed by atoms with van der Waals surface area (Å²) in [6.07, 6.45) is 2.47. The minimum absolute atomic E-state index is 0.387. The largest absolute Gasteiger partial charge is 0.406 e. The van der Waals surface area contributed by atoms with Crippen molar-refractivity contribution in [2.24, 2.45) is 0 Å². The van der Waals surface area contributed by atoms with Crippen LogP contribution in [0.5, 0.6) is 0 Å². The lowest BCUT2D eigenvalue weighted by Crippen LogP contribution is -2.15. The molecule has 0 spiro atoms. The molecule has 100 valence electrons. The highest BCUT2D eigenvalue weighted by atomic mass is 35.5. The summed E-state index contributed by atoms with van der Waals surface area (Å²) in [7, 11) is 0. The summed E-state index contributed by atoms with van der Waals surface area (Å²) < 4.78 is 5.52. The number of rotatable bonds is 5. The van der Waals surface area contributed by atoms with E-state index < -0.39 is 0 Å². The minimum Gasteiger partial charge on any atom is -0.406 e. The van der Waals surface area contributed by atoms with Gasteiger partial charge in [0.15, 0.2) is 0 Å². The Labute approximate surface area is 116 Å². The number of aromatic nitrogens is 2. The number of benzene rings is 1. The maximum atomic E-state index is 5.96. The number of halogens is 1. The summed E-state index contributed by atoms with van der Waals surface area (Å²) in [6, 6.07) is 6.64. The van der Waals surface area contributed by atoms with Crippen LogP contribution >= 0.6 is 11.6 Å². The van der Waals surface area contributed by atoms with Gasteiger partial charge in [-0.05, 0) is 37.5 Å². The summed E-state index contributed by atoms with van der Waals surface area (Å²) in [6.45, 7) is 2.61. The van der Waals surface area contributed by atoms with E-state index in [1.807, 2.05) is 25.1 Å². The second kappa shape index (κ2) is 5.19. The topological polar surface area (TPSA) is 63.0 Å². The van der Waals surface area contributed by atoms with E-state index in [1.54, 1.807) is 0 Å². The fourth-order valence-electron chi connectivity index (χ4n) is 1.74. The minimum atomic E-state index is 0.387. The van der Waals surface area contributed by atoms with E-state index in [9.17, 15) is 0 Å². The van der Waals surface area contributed by atoms with Crippen LogP contribution in [0.1, 0.15) is 24.3 Å². The van der Waals surface area contributed by atoms with Crippen LogP contribution in [-0.4, -0.2) is 16.2 Å². The first-order valence-corrected chi connectivity index (χ1v) is 6.67. The molecule has 1 fully saturated rings. The molecule has 3 rings (SSSR count). The Balaban J connectivity index is 1.66. The van der Waals surface area contributed by atoms with Crippen molar-refractivity contribution >= 4 is 23.3 Å². The number of nitrogens with zero attached hydrogens (tertiary/aromatic N) is 2. The van der Waals surface area contributed by atoms with Crippen LogP contribution in [0.25, 0.3) is 0 Å². The molecule has 1 aliphatic rings. The van der Waals surface area contributed by atoms with Crippen LogP contribution in [0.2, 0.25) is 5.02 Å². The zero-order valence-electron chi connectivity index (χ0n) is 10.6. The van der Waals surface area contributed by atoms with Gasteiger partial charge < -0.3 is 15.1 Å². The predicted octanol–water partition coefficient (Wildman–Crippen LogP) is 3.03. The van der Waals surface area contributed by atoms with Gasteiger partial charge in [0.1, 0.15) is 0 Å². The molecule has 1 heterocycles. The van der Waals surface area contributed by atoms with Gasteiger partial charge in [-0.25, -0.2) is 0 Å². The standard InChI is InChI=1S/C13H15ClN4O/c1-8-2-3-9(14)6-11(8)16-13-18-17-12(19-13)7-15-10-4-5-10/h2-3,6,10,15H,4-5,7H2,1H3,(H,16,18). The Bertz CT molecular complexity index is 580. The smallest absolute Gasteiger partial charge is 0.320 e. The SMILES string of the molecule is Cc1ccc(Cl)cc1Nc1nnc(CNC2CC2)o1. The van der Waals surface area contributed by atoms with Crippen LogP contribution in [0.15, 0.2) is 22.6 Å². The Morgan fingerprint density at radius 3 is 3.00 bits per heavy atom. The molecule has 0 unspecified atom stereocenters. The monoisotopic (exact) mass is 278 g/mol. The number of hydrogen-bond acceptors (Lipinski definition) is 5. The molecule has 2 N–H and O–H groups in total. The van der Waals surface area contributed by atoms with Gasteiger partial charge in [0.25, 0.3) is 0 Å². The van der Waals surface area contributed by atoms with Gasteiger partial charge in [0.05, 0.1) is 6.54 Å². The van der Waals surface area contributed by atoms with E-state index in [0.717, 1.165) is 11.3 Å². The lowest BCUT2D eigenvalue weighted by Gasteiger charge is -2.05. The fourth-order valence-corrected chi connectivity index (χ4v) is 1.91. The van der Waals surface area contributed by atoms with Gasteiger partial charge in [0, 0.05) is 16.8 Å². The molecule has 0 aliphatic heterocycles. The zero-order valence-corrected chi connectivity index (χ0v) is 11.4. The summed E-state index contributed by atoms with van der Waals surface area (Å²) in [5.74, 6) is 0.592.